The van der Waals surface area contributed by atoms with Crippen molar-refractivity contribution in [3.63, 3.8) is 0 Å². The van der Waals surface area contributed by atoms with Crippen LogP contribution in [0.15, 0.2) is 28.8 Å². The quantitative estimate of drug-likeness (QED) is 0.773. The molecule has 1 aromatic carbocycles. The number of alkyl halides is 2. The van der Waals surface area contributed by atoms with Crippen LogP contribution in [0.3, 0.4) is 0 Å². The third-order valence-corrected chi connectivity index (χ3v) is 3.40. The maximum atomic E-state index is 13.8. The van der Waals surface area contributed by atoms with Crippen molar-refractivity contribution in [1.29, 1.82) is 0 Å². The molecule has 6 nitrogen and oxygen atoms in total. The summed E-state index contributed by atoms with van der Waals surface area (Å²) < 4.78 is 47.1. The summed E-state index contributed by atoms with van der Waals surface area (Å²) in [5.41, 5.74) is 1.59. The minimum absolute atomic E-state index is 0.0841. The number of rotatable bonds is 4. The van der Waals surface area contributed by atoms with Gasteiger partial charge in [0.15, 0.2) is 11.6 Å². The van der Waals surface area contributed by atoms with Crippen molar-refractivity contribution < 1.29 is 27.2 Å². The summed E-state index contributed by atoms with van der Waals surface area (Å²) in [6.07, 6.45) is 0. The topological polar surface area (TPSA) is 77.2 Å². The third kappa shape index (κ3) is 3.39. The largest absolute Gasteiger partial charge is 0.432 e. The summed E-state index contributed by atoms with van der Waals surface area (Å²) in [6.45, 7) is 0.208. The predicted octanol–water partition coefficient (Wildman–Crippen LogP) is 3.83. The number of carbonyl (C=O) groups is 1. The zero-order valence-corrected chi connectivity index (χ0v) is 13.1. The van der Waals surface area contributed by atoms with Gasteiger partial charge in [0.1, 0.15) is 0 Å². The molecule has 1 amide bonds. The van der Waals surface area contributed by atoms with Gasteiger partial charge in [0.05, 0.1) is 16.6 Å². The second-order valence-electron chi connectivity index (χ2n) is 5.24. The Morgan fingerprint density at radius 1 is 1.28 bits per heavy atom. The predicted molar refractivity (Wildman–Crippen MR) is 82.3 cm³/mol. The molecule has 0 spiro atoms. The van der Waals surface area contributed by atoms with Gasteiger partial charge in [-0.05, 0) is 32.0 Å². The van der Waals surface area contributed by atoms with Gasteiger partial charge in [-0.1, -0.05) is 5.16 Å². The Morgan fingerprint density at radius 3 is 2.72 bits per heavy atom. The highest BCUT2D eigenvalue weighted by Crippen LogP contribution is 2.25. The number of hydrogen-bond acceptors (Lipinski definition) is 5. The summed E-state index contributed by atoms with van der Waals surface area (Å²) in [4.78, 5) is 16.7. The number of nitrogens with one attached hydrogen (secondary N) is 1. The average molecular weight is 351 g/mol. The number of benzene rings is 1. The molecule has 2 heterocycles. The molecule has 0 unspecified atom stereocenters. The molecule has 1 N–H and O–H groups in total. The number of amides is 1. The molecule has 9 heteroatoms. The molecule has 130 valence electrons. The van der Waals surface area contributed by atoms with Gasteiger partial charge in [-0.25, -0.2) is 9.37 Å². The molecule has 25 heavy (non-hydrogen) atoms. The van der Waals surface area contributed by atoms with E-state index in [1.54, 1.807) is 19.9 Å². The van der Waals surface area contributed by atoms with E-state index in [0.717, 1.165) is 12.1 Å². The molecular weight excluding hydrogens is 339 g/mol. The molecule has 0 aliphatic carbocycles. The van der Waals surface area contributed by atoms with Crippen LogP contribution in [0.2, 0.25) is 0 Å². The number of hydrogen-bond donors (Lipinski definition) is 1. The van der Waals surface area contributed by atoms with Crippen LogP contribution in [-0.4, -0.2) is 22.7 Å². The fourth-order valence-corrected chi connectivity index (χ4v) is 2.37. The lowest BCUT2D eigenvalue weighted by Gasteiger charge is -2.09. The van der Waals surface area contributed by atoms with Crippen molar-refractivity contribution in [2.75, 3.05) is 5.32 Å². The number of ether oxygens (including phenoxy) is 1. The highest BCUT2D eigenvalue weighted by Gasteiger charge is 2.18. The van der Waals surface area contributed by atoms with E-state index >= 15 is 0 Å². The first kappa shape index (κ1) is 16.7. The molecule has 0 bridgehead atoms. The smallest absolute Gasteiger partial charge is 0.387 e. The molecule has 0 radical (unpaired) electrons. The fourth-order valence-electron chi connectivity index (χ4n) is 2.37. The molecule has 0 saturated carbocycles. The molecule has 0 aliphatic rings. The SMILES string of the molecule is Cc1cc(C(=O)Nc2ccc(OC(F)F)c(F)c2)c2c(C)noc2n1. The van der Waals surface area contributed by atoms with Crippen LogP contribution in [0, 0.1) is 19.7 Å². The lowest BCUT2D eigenvalue weighted by Crippen LogP contribution is -2.13. The highest BCUT2D eigenvalue weighted by molar-refractivity contribution is 6.12. The first-order chi connectivity index (χ1) is 11.8. The molecule has 0 saturated heterocycles. The first-order valence-corrected chi connectivity index (χ1v) is 7.14. The van der Waals surface area contributed by atoms with Crippen LogP contribution in [-0.2, 0) is 0 Å². The average Bonchev–Trinajstić information content (AvgIpc) is 2.90. The van der Waals surface area contributed by atoms with E-state index in [0.29, 0.717) is 16.8 Å². The van der Waals surface area contributed by atoms with Gasteiger partial charge in [0.25, 0.3) is 11.6 Å². The minimum atomic E-state index is -3.14. The lowest BCUT2D eigenvalue weighted by atomic mass is 10.1. The maximum Gasteiger partial charge on any atom is 0.387 e. The van der Waals surface area contributed by atoms with Crippen molar-refractivity contribution in [2.45, 2.75) is 20.5 Å². The van der Waals surface area contributed by atoms with Crippen LogP contribution >= 0.6 is 0 Å². The van der Waals surface area contributed by atoms with Crippen molar-refractivity contribution in [3.8, 4) is 5.75 Å². The van der Waals surface area contributed by atoms with Crippen LogP contribution in [0.1, 0.15) is 21.7 Å². The van der Waals surface area contributed by atoms with Gasteiger partial charge in [-0.3, -0.25) is 4.79 Å². The first-order valence-electron chi connectivity index (χ1n) is 7.14. The van der Waals surface area contributed by atoms with E-state index in [1.165, 1.54) is 6.07 Å². The Bertz CT molecular complexity index is 956. The van der Waals surface area contributed by atoms with Gasteiger partial charge in [-0.2, -0.15) is 8.78 Å². The van der Waals surface area contributed by atoms with Crippen LogP contribution in [0.25, 0.3) is 11.1 Å². The van der Waals surface area contributed by atoms with E-state index in [2.05, 4.69) is 20.2 Å². The van der Waals surface area contributed by atoms with Gasteiger partial charge in [-0.15, -0.1) is 0 Å². The number of aromatic nitrogens is 2. The summed E-state index contributed by atoms with van der Waals surface area (Å²) in [5.74, 6) is -2.16. The Balaban J connectivity index is 1.90. The molecule has 2 aromatic heterocycles. The van der Waals surface area contributed by atoms with E-state index in [-0.39, 0.29) is 17.0 Å². The van der Waals surface area contributed by atoms with E-state index in [4.69, 9.17) is 4.52 Å². The number of nitrogens with zero attached hydrogens (tertiary/aromatic N) is 2. The minimum Gasteiger partial charge on any atom is -0.432 e. The number of aryl methyl sites for hydroxylation is 2. The second-order valence-corrected chi connectivity index (χ2v) is 5.24. The van der Waals surface area contributed by atoms with E-state index < -0.39 is 24.1 Å². The molecular formula is C16H12F3N3O3. The van der Waals surface area contributed by atoms with E-state index in [1.807, 2.05) is 0 Å². The maximum absolute atomic E-state index is 13.8. The second kappa shape index (κ2) is 6.42. The van der Waals surface area contributed by atoms with Gasteiger partial charge in [0.2, 0.25) is 0 Å². The van der Waals surface area contributed by atoms with Crippen LogP contribution < -0.4 is 10.1 Å². The number of pyridine rings is 1. The Labute approximate surface area is 139 Å². The zero-order valence-electron chi connectivity index (χ0n) is 13.1. The Morgan fingerprint density at radius 2 is 2.04 bits per heavy atom. The Kier molecular flexibility index (Phi) is 4.30. The number of halogens is 3. The summed E-state index contributed by atoms with van der Waals surface area (Å²) in [7, 11) is 0. The molecule has 0 atom stereocenters. The van der Waals surface area contributed by atoms with E-state index in [9.17, 15) is 18.0 Å². The van der Waals surface area contributed by atoms with Gasteiger partial charge in [0, 0.05) is 17.4 Å². The Hall–Kier alpha value is -3.10. The monoisotopic (exact) mass is 351 g/mol. The standard InChI is InChI=1S/C16H12F3N3O3/c1-7-5-10(13-8(2)22-25-15(13)20-7)14(23)21-9-3-4-12(11(17)6-9)24-16(18)19/h3-6,16H,1-2H3,(H,21,23). The van der Waals surface area contributed by atoms with Crippen LogP contribution in [0.5, 0.6) is 5.75 Å². The highest BCUT2D eigenvalue weighted by atomic mass is 19.3. The summed E-state index contributed by atoms with van der Waals surface area (Å²) in [6, 6.07) is 4.70. The molecule has 3 aromatic rings. The van der Waals surface area contributed by atoms with Crippen LogP contribution in [0.4, 0.5) is 18.9 Å². The third-order valence-electron chi connectivity index (χ3n) is 3.40. The number of anilines is 1. The fraction of sp³-hybridized carbons (Fsp3) is 0.188. The summed E-state index contributed by atoms with van der Waals surface area (Å²) >= 11 is 0. The number of carbonyl (C=O) groups excluding carboxylic acids is 1. The van der Waals surface area contributed by atoms with Gasteiger partial charge < -0.3 is 14.6 Å². The molecule has 3 rings (SSSR count). The number of fused-ring (bicyclic) bond motifs is 1. The van der Waals surface area contributed by atoms with Crippen molar-refractivity contribution >= 4 is 22.7 Å². The zero-order chi connectivity index (χ0) is 18.1. The summed E-state index contributed by atoms with van der Waals surface area (Å²) in [5, 5.41) is 6.72. The lowest BCUT2D eigenvalue weighted by molar-refractivity contribution is -0.0521. The van der Waals surface area contributed by atoms with Crippen molar-refractivity contribution in [3.05, 3.63) is 47.0 Å². The van der Waals surface area contributed by atoms with Crippen molar-refractivity contribution in [1.82, 2.24) is 10.1 Å². The molecule has 0 fully saturated rings. The molecule has 0 aliphatic heterocycles. The van der Waals surface area contributed by atoms with Crippen molar-refractivity contribution in [2.24, 2.45) is 0 Å². The van der Waals surface area contributed by atoms with Gasteiger partial charge >= 0.3 is 6.61 Å². The normalized spacial score (nSPS) is 11.1.